The molecule has 0 radical (unpaired) electrons. The lowest BCUT2D eigenvalue weighted by Gasteiger charge is -2.25. The molecule has 1 fully saturated rings. The molecule has 1 saturated heterocycles. The fourth-order valence-electron chi connectivity index (χ4n) is 3.06. The summed E-state index contributed by atoms with van der Waals surface area (Å²) in [4.78, 5) is 11.5. The van der Waals surface area contributed by atoms with Crippen LogP contribution in [0.3, 0.4) is 0 Å². The van der Waals surface area contributed by atoms with E-state index in [0.29, 0.717) is 24.0 Å². The lowest BCUT2D eigenvalue weighted by molar-refractivity contribution is 0.0257. The number of nitrogens with two attached hydrogens (primary N) is 1. The van der Waals surface area contributed by atoms with Gasteiger partial charge in [-0.1, -0.05) is 39.0 Å². The molecular formula is C20H24F2N6S. The molecule has 6 nitrogen and oxygen atoms in total. The monoisotopic (exact) mass is 418 g/mol. The van der Waals surface area contributed by atoms with E-state index < -0.39 is 12.5 Å². The van der Waals surface area contributed by atoms with Gasteiger partial charge in [0.1, 0.15) is 16.9 Å². The van der Waals surface area contributed by atoms with Crippen LogP contribution in [0, 0.1) is 10.7 Å². The molecule has 1 aliphatic rings. The molecule has 0 unspecified atom stereocenters. The third-order valence-electron chi connectivity index (χ3n) is 4.64. The van der Waals surface area contributed by atoms with Gasteiger partial charge in [0.25, 0.3) is 5.92 Å². The number of hydrogen-bond acceptors (Lipinski definition) is 7. The second kappa shape index (κ2) is 8.03. The highest BCUT2D eigenvalue weighted by Crippen LogP contribution is 2.37. The Labute approximate surface area is 173 Å². The number of thiocyanates is 1. The summed E-state index contributed by atoms with van der Waals surface area (Å²) in [5, 5.41) is 14.3. The molecule has 9 heteroatoms. The van der Waals surface area contributed by atoms with E-state index >= 15 is 0 Å². The quantitative estimate of drug-likeness (QED) is 0.550. The molecule has 29 heavy (non-hydrogen) atoms. The molecule has 0 atom stereocenters. The van der Waals surface area contributed by atoms with Crippen LogP contribution in [0.2, 0.25) is 0 Å². The summed E-state index contributed by atoms with van der Waals surface area (Å²) in [5.74, 6) is -1.48. The Hall–Kier alpha value is -2.60. The first kappa shape index (κ1) is 21.1. The Balaban J connectivity index is 1.94. The average Bonchev–Trinajstić information content (AvgIpc) is 3.01. The van der Waals surface area contributed by atoms with Crippen molar-refractivity contribution in [2.45, 2.75) is 50.0 Å². The maximum absolute atomic E-state index is 13.8. The lowest BCUT2D eigenvalue weighted by Crippen LogP contribution is -2.28. The van der Waals surface area contributed by atoms with E-state index in [1.54, 1.807) is 0 Å². The largest absolute Gasteiger partial charge is 0.393 e. The molecule has 1 aliphatic heterocycles. The van der Waals surface area contributed by atoms with Crippen molar-refractivity contribution in [3.8, 4) is 5.40 Å². The predicted octanol–water partition coefficient (Wildman–Crippen LogP) is 4.39. The Morgan fingerprint density at radius 3 is 2.66 bits per heavy atom. The van der Waals surface area contributed by atoms with Crippen molar-refractivity contribution in [3.63, 3.8) is 0 Å². The van der Waals surface area contributed by atoms with Crippen molar-refractivity contribution < 1.29 is 8.78 Å². The SMILES string of the molecule is CC(C)(C)c1nc(NCc2ccccc2SC#N)c(N)c(N2CCC(F)(F)C2)n1. The van der Waals surface area contributed by atoms with E-state index in [-0.39, 0.29) is 24.1 Å². The van der Waals surface area contributed by atoms with Gasteiger partial charge in [-0.3, -0.25) is 0 Å². The minimum absolute atomic E-state index is 0.193. The van der Waals surface area contributed by atoms with E-state index in [9.17, 15) is 8.78 Å². The zero-order valence-electron chi connectivity index (χ0n) is 16.7. The van der Waals surface area contributed by atoms with Crippen molar-refractivity contribution in [2.24, 2.45) is 0 Å². The van der Waals surface area contributed by atoms with Crippen LogP contribution in [0.15, 0.2) is 29.2 Å². The van der Waals surface area contributed by atoms with Gasteiger partial charge in [0.2, 0.25) is 0 Å². The number of nitriles is 1. The first-order chi connectivity index (χ1) is 13.6. The molecule has 3 N–H and O–H groups in total. The van der Waals surface area contributed by atoms with Crippen molar-refractivity contribution in [1.82, 2.24) is 9.97 Å². The van der Waals surface area contributed by atoms with E-state index in [0.717, 1.165) is 22.2 Å². The van der Waals surface area contributed by atoms with E-state index in [1.807, 2.05) is 45.0 Å². The molecule has 154 valence electrons. The predicted molar refractivity (Wildman–Crippen MR) is 112 cm³/mol. The van der Waals surface area contributed by atoms with Gasteiger partial charge in [-0.2, -0.15) is 5.26 Å². The van der Waals surface area contributed by atoms with Gasteiger partial charge in [-0.15, -0.1) is 0 Å². The highest BCUT2D eigenvalue weighted by Gasteiger charge is 2.40. The van der Waals surface area contributed by atoms with Gasteiger partial charge in [0.15, 0.2) is 11.6 Å². The molecule has 0 amide bonds. The molecule has 2 heterocycles. The zero-order chi connectivity index (χ0) is 21.2. The Kier molecular flexibility index (Phi) is 5.85. The van der Waals surface area contributed by atoms with E-state index in [4.69, 9.17) is 11.0 Å². The highest BCUT2D eigenvalue weighted by atomic mass is 32.2. The van der Waals surface area contributed by atoms with Crippen LogP contribution in [0.25, 0.3) is 0 Å². The Morgan fingerprint density at radius 2 is 2.03 bits per heavy atom. The summed E-state index contributed by atoms with van der Waals surface area (Å²) in [6.45, 7) is 6.07. The van der Waals surface area contributed by atoms with Crippen LogP contribution >= 0.6 is 11.8 Å². The number of anilines is 3. The summed E-state index contributed by atoms with van der Waals surface area (Å²) < 4.78 is 27.5. The van der Waals surface area contributed by atoms with E-state index in [1.165, 1.54) is 4.90 Å². The molecule has 1 aromatic heterocycles. The number of nitrogens with one attached hydrogen (secondary N) is 1. The number of halogens is 2. The third-order valence-corrected chi connectivity index (χ3v) is 5.35. The van der Waals surface area contributed by atoms with Crippen molar-refractivity contribution >= 4 is 29.1 Å². The van der Waals surface area contributed by atoms with Crippen LogP contribution in [0.1, 0.15) is 38.6 Å². The van der Waals surface area contributed by atoms with Crippen LogP contribution in [0.4, 0.5) is 26.1 Å². The first-order valence-corrected chi connectivity index (χ1v) is 10.1. The Morgan fingerprint density at radius 1 is 1.31 bits per heavy atom. The maximum atomic E-state index is 13.8. The van der Waals surface area contributed by atoms with Crippen molar-refractivity contribution in [1.29, 1.82) is 5.26 Å². The van der Waals surface area contributed by atoms with Gasteiger partial charge in [-0.05, 0) is 23.4 Å². The van der Waals surface area contributed by atoms with E-state index in [2.05, 4.69) is 20.7 Å². The fraction of sp³-hybridized carbons (Fsp3) is 0.450. The number of benzene rings is 1. The van der Waals surface area contributed by atoms with Crippen LogP contribution in [-0.2, 0) is 12.0 Å². The minimum Gasteiger partial charge on any atom is -0.393 e. The molecule has 3 rings (SSSR count). The molecule has 1 aromatic carbocycles. The number of thioether (sulfide) groups is 1. The number of hydrogen-bond donors (Lipinski definition) is 2. The summed E-state index contributed by atoms with van der Waals surface area (Å²) in [5.41, 5.74) is 7.08. The number of aromatic nitrogens is 2. The van der Waals surface area contributed by atoms with Gasteiger partial charge < -0.3 is 16.0 Å². The van der Waals surface area contributed by atoms with Gasteiger partial charge in [0, 0.05) is 29.8 Å². The standard InChI is InChI=1S/C20H24F2N6S/c1-19(2,3)18-26-16(25-10-13-6-4-5-7-14(13)29-12-23)15(24)17(27-18)28-9-8-20(21,22)11-28/h4-7H,8-11,24H2,1-3H3,(H,25,26,27). The van der Waals surface area contributed by atoms with Crippen LogP contribution in [-0.4, -0.2) is 29.0 Å². The number of nitrogen functional groups attached to an aromatic ring is 1. The number of rotatable bonds is 5. The molecular weight excluding hydrogens is 394 g/mol. The summed E-state index contributed by atoms with van der Waals surface area (Å²) in [7, 11) is 0. The van der Waals surface area contributed by atoms with Crippen molar-refractivity contribution in [2.75, 3.05) is 29.0 Å². The first-order valence-electron chi connectivity index (χ1n) is 9.29. The van der Waals surface area contributed by atoms with Gasteiger partial charge in [-0.25, -0.2) is 18.7 Å². The lowest BCUT2D eigenvalue weighted by atomic mass is 9.95. The summed E-state index contributed by atoms with van der Waals surface area (Å²) in [6.07, 6.45) is -0.219. The smallest absolute Gasteiger partial charge is 0.266 e. The minimum atomic E-state index is -2.75. The Bertz CT molecular complexity index is 936. The maximum Gasteiger partial charge on any atom is 0.266 e. The fourth-order valence-corrected chi connectivity index (χ4v) is 3.58. The van der Waals surface area contributed by atoms with Crippen LogP contribution in [0.5, 0.6) is 0 Å². The highest BCUT2D eigenvalue weighted by molar-refractivity contribution is 8.03. The zero-order valence-corrected chi connectivity index (χ0v) is 17.5. The second-order valence-electron chi connectivity index (χ2n) is 8.07. The molecule has 0 spiro atoms. The number of alkyl halides is 2. The third kappa shape index (κ3) is 4.88. The molecule has 2 aromatic rings. The molecule has 0 saturated carbocycles. The van der Waals surface area contributed by atoms with Gasteiger partial charge in [0.05, 0.1) is 6.54 Å². The normalized spacial score (nSPS) is 15.9. The van der Waals surface area contributed by atoms with Crippen LogP contribution < -0.4 is 16.0 Å². The summed E-state index contributed by atoms with van der Waals surface area (Å²) >= 11 is 1.08. The van der Waals surface area contributed by atoms with Crippen molar-refractivity contribution in [3.05, 3.63) is 35.7 Å². The second-order valence-corrected chi connectivity index (χ2v) is 8.89. The van der Waals surface area contributed by atoms with Gasteiger partial charge >= 0.3 is 0 Å². The average molecular weight is 419 g/mol. The molecule has 0 bridgehead atoms. The molecule has 0 aliphatic carbocycles. The number of nitrogens with zero attached hydrogens (tertiary/aromatic N) is 4. The topological polar surface area (TPSA) is 90.9 Å². The summed E-state index contributed by atoms with van der Waals surface area (Å²) in [6, 6.07) is 7.54.